The molecule has 0 bridgehead atoms. The zero-order valence-corrected chi connectivity index (χ0v) is 10.4. The second-order valence-corrected chi connectivity index (χ2v) is 4.36. The molecule has 1 saturated heterocycles. The van der Waals surface area contributed by atoms with Gasteiger partial charge < -0.3 is 9.74 Å². The number of amides is 1. The van der Waals surface area contributed by atoms with E-state index in [2.05, 4.69) is 5.16 Å². The molecule has 0 saturated carbocycles. The predicted molar refractivity (Wildman–Crippen MR) is 70.4 cm³/mol. The van der Waals surface area contributed by atoms with Crippen molar-refractivity contribution in [1.82, 2.24) is 4.90 Å². The predicted octanol–water partition coefficient (Wildman–Crippen LogP) is 2.05. The fraction of sp³-hybridized carbons (Fsp3) is 0.429. The molecule has 1 aliphatic heterocycles. The average molecular weight is 246 g/mol. The van der Waals surface area contributed by atoms with Crippen LogP contribution in [0.15, 0.2) is 35.5 Å². The molecule has 1 aromatic rings. The highest BCUT2D eigenvalue weighted by Crippen LogP contribution is 2.08. The van der Waals surface area contributed by atoms with Gasteiger partial charge in [0.05, 0.1) is 6.21 Å². The molecule has 0 N–H and O–H groups in total. The Hall–Kier alpha value is -1.84. The third-order valence-corrected chi connectivity index (χ3v) is 2.97. The fourth-order valence-corrected chi connectivity index (χ4v) is 1.96. The van der Waals surface area contributed by atoms with Gasteiger partial charge in [-0.25, -0.2) is 0 Å². The second-order valence-electron chi connectivity index (χ2n) is 4.36. The molecular weight excluding hydrogens is 228 g/mol. The topological polar surface area (TPSA) is 41.9 Å². The highest BCUT2D eigenvalue weighted by Gasteiger charge is 2.16. The summed E-state index contributed by atoms with van der Waals surface area (Å²) in [5.74, 6) is 0.0277. The molecule has 1 amide bonds. The minimum absolute atomic E-state index is 0.0277. The Morgan fingerprint density at radius 1 is 1.22 bits per heavy atom. The van der Waals surface area contributed by atoms with E-state index in [4.69, 9.17) is 4.84 Å². The minimum Gasteiger partial charge on any atom is -0.386 e. The van der Waals surface area contributed by atoms with Crippen LogP contribution in [-0.4, -0.2) is 36.7 Å². The summed E-state index contributed by atoms with van der Waals surface area (Å²) in [6.07, 6.45) is 5.03. The number of carbonyl (C=O) groups is 1. The minimum atomic E-state index is 0.0277. The molecule has 1 aromatic carbocycles. The van der Waals surface area contributed by atoms with Crippen LogP contribution in [0.3, 0.4) is 0 Å². The molecule has 96 valence electrons. The summed E-state index contributed by atoms with van der Waals surface area (Å²) >= 11 is 0. The maximum atomic E-state index is 11.7. The van der Waals surface area contributed by atoms with E-state index in [1.807, 2.05) is 35.2 Å². The first-order valence-corrected chi connectivity index (χ1v) is 6.34. The number of benzene rings is 1. The zero-order valence-electron chi connectivity index (χ0n) is 10.4. The summed E-state index contributed by atoms with van der Waals surface area (Å²) in [5.41, 5.74) is 0.961. The van der Waals surface area contributed by atoms with Crippen LogP contribution in [0.1, 0.15) is 24.8 Å². The standard InChI is InChI=1S/C14H18N2O2/c17-14(16-9-5-2-6-10-16)12-18-15-11-13-7-3-1-4-8-13/h1,3-4,7-8,11H,2,5-6,9-10,12H2. The van der Waals surface area contributed by atoms with Gasteiger partial charge in [-0.05, 0) is 24.8 Å². The number of rotatable bonds is 4. The molecule has 2 rings (SSSR count). The van der Waals surface area contributed by atoms with Crippen molar-refractivity contribution in [2.75, 3.05) is 19.7 Å². The van der Waals surface area contributed by atoms with Gasteiger partial charge in [0.1, 0.15) is 0 Å². The van der Waals surface area contributed by atoms with Gasteiger partial charge in [-0.1, -0.05) is 35.5 Å². The Morgan fingerprint density at radius 3 is 2.67 bits per heavy atom. The summed E-state index contributed by atoms with van der Waals surface area (Å²) in [5, 5.41) is 3.80. The Morgan fingerprint density at radius 2 is 1.94 bits per heavy atom. The Kier molecular flexibility index (Phi) is 4.76. The molecular formula is C14H18N2O2. The van der Waals surface area contributed by atoms with E-state index in [9.17, 15) is 4.79 Å². The molecule has 1 heterocycles. The van der Waals surface area contributed by atoms with Crippen molar-refractivity contribution in [2.24, 2.45) is 5.16 Å². The molecule has 0 unspecified atom stereocenters. The van der Waals surface area contributed by atoms with Crippen molar-refractivity contribution in [3.8, 4) is 0 Å². The lowest BCUT2D eigenvalue weighted by atomic mass is 10.1. The number of oxime groups is 1. The molecule has 0 aromatic heterocycles. The lowest BCUT2D eigenvalue weighted by Crippen LogP contribution is -2.37. The first-order chi connectivity index (χ1) is 8.86. The lowest BCUT2D eigenvalue weighted by molar-refractivity contribution is -0.136. The smallest absolute Gasteiger partial charge is 0.263 e. The first kappa shape index (κ1) is 12.6. The molecule has 0 radical (unpaired) electrons. The largest absolute Gasteiger partial charge is 0.386 e. The van der Waals surface area contributed by atoms with E-state index in [-0.39, 0.29) is 12.5 Å². The van der Waals surface area contributed by atoms with Crippen molar-refractivity contribution in [3.05, 3.63) is 35.9 Å². The van der Waals surface area contributed by atoms with Gasteiger partial charge in [-0.2, -0.15) is 0 Å². The zero-order chi connectivity index (χ0) is 12.6. The Labute approximate surface area is 107 Å². The summed E-state index contributed by atoms with van der Waals surface area (Å²) < 4.78 is 0. The number of hydrogen-bond donors (Lipinski definition) is 0. The maximum Gasteiger partial charge on any atom is 0.263 e. The van der Waals surface area contributed by atoms with E-state index in [0.29, 0.717) is 0 Å². The summed E-state index contributed by atoms with van der Waals surface area (Å²) in [6, 6.07) is 9.66. The molecule has 18 heavy (non-hydrogen) atoms. The Bertz CT molecular complexity index is 398. The van der Waals surface area contributed by atoms with Crippen LogP contribution in [0.25, 0.3) is 0 Å². The monoisotopic (exact) mass is 246 g/mol. The van der Waals surface area contributed by atoms with Crippen LogP contribution in [0.2, 0.25) is 0 Å². The molecule has 0 atom stereocenters. The summed E-state index contributed by atoms with van der Waals surface area (Å²) in [7, 11) is 0. The quantitative estimate of drug-likeness (QED) is 0.602. The van der Waals surface area contributed by atoms with Crippen molar-refractivity contribution >= 4 is 12.1 Å². The SMILES string of the molecule is O=C(CON=Cc1ccccc1)N1CCCCC1. The third-order valence-electron chi connectivity index (χ3n) is 2.97. The fourth-order valence-electron chi connectivity index (χ4n) is 1.96. The van der Waals surface area contributed by atoms with E-state index in [1.165, 1.54) is 6.42 Å². The van der Waals surface area contributed by atoms with Crippen LogP contribution in [0.5, 0.6) is 0 Å². The summed E-state index contributed by atoms with van der Waals surface area (Å²) in [4.78, 5) is 18.6. The summed E-state index contributed by atoms with van der Waals surface area (Å²) in [6.45, 7) is 1.73. The molecule has 4 nitrogen and oxygen atoms in total. The van der Waals surface area contributed by atoms with Crippen molar-refractivity contribution in [3.63, 3.8) is 0 Å². The van der Waals surface area contributed by atoms with Crippen LogP contribution >= 0.6 is 0 Å². The highest BCUT2D eigenvalue weighted by atomic mass is 16.6. The molecule has 0 spiro atoms. The number of hydrogen-bond acceptors (Lipinski definition) is 3. The molecule has 4 heteroatoms. The molecule has 1 aliphatic rings. The van der Waals surface area contributed by atoms with Gasteiger partial charge in [0, 0.05) is 13.1 Å². The number of carbonyl (C=O) groups excluding carboxylic acids is 1. The number of likely N-dealkylation sites (tertiary alicyclic amines) is 1. The van der Waals surface area contributed by atoms with Crippen molar-refractivity contribution < 1.29 is 9.63 Å². The van der Waals surface area contributed by atoms with Crippen molar-refractivity contribution in [2.45, 2.75) is 19.3 Å². The maximum absolute atomic E-state index is 11.7. The number of piperidine rings is 1. The van der Waals surface area contributed by atoms with E-state index < -0.39 is 0 Å². The normalized spacial score (nSPS) is 15.9. The van der Waals surface area contributed by atoms with Crippen LogP contribution in [-0.2, 0) is 9.63 Å². The van der Waals surface area contributed by atoms with Crippen LogP contribution < -0.4 is 0 Å². The van der Waals surface area contributed by atoms with Gasteiger partial charge in [-0.15, -0.1) is 0 Å². The van der Waals surface area contributed by atoms with Gasteiger partial charge in [0.15, 0.2) is 6.61 Å². The third kappa shape index (κ3) is 3.87. The van der Waals surface area contributed by atoms with Gasteiger partial charge in [-0.3, -0.25) is 4.79 Å². The van der Waals surface area contributed by atoms with Gasteiger partial charge in [0.25, 0.3) is 5.91 Å². The first-order valence-electron chi connectivity index (χ1n) is 6.34. The van der Waals surface area contributed by atoms with E-state index in [1.54, 1.807) is 6.21 Å². The lowest BCUT2D eigenvalue weighted by Gasteiger charge is -2.25. The Balaban J connectivity index is 1.71. The number of nitrogens with zero attached hydrogens (tertiary/aromatic N) is 2. The van der Waals surface area contributed by atoms with Crippen LogP contribution in [0, 0.1) is 0 Å². The van der Waals surface area contributed by atoms with Crippen LogP contribution in [0.4, 0.5) is 0 Å². The van der Waals surface area contributed by atoms with Crippen molar-refractivity contribution in [1.29, 1.82) is 0 Å². The van der Waals surface area contributed by atoms with E-state index in [0.717, 1.165) is 31.5 Å². The second kappa shape index (κ2) is 6.79. The molecule has 1 fully saturated rings. The average Bonchev–Trinajstić information content (AvgIpc) is 2.45. The van der Waals surface area contributed by atoms with E-state index >= 15 is 0 Å². The van der Waals surface area contributed by atoms with Gasteiger partial charge in [0.2, 0.25) is 0 Å². The molecule has 0 aliphatic carbocycles. The van der Waals surface area contributed by atoms with Gasteiger partial charge >= 0.3 is 0 Å². The highest BCUT2D eigenvalue weighted by molar-refractivity contribution is 5.79.